The zero-order chi connectivity index (χ0) is 21.9. The molecular formula is C22H28FN2O3S-. The average molecular weight is 420 g/mol. The molecule has 5 nitrogen and oxygen atoms in total. The standard InChI is InChI=1S/C22H28FN2O3S/c1-13(2)18-11-16(23)12-19(14(3)4)20(18)24-21(26)25-29(28)17-9-7-15(8-10-17)22(5,6)27/h7-14,27H,1-6H3,(H,24,26)/q-1. The van der Waals surface area contributed by atoms with Gasteiger partial charge in [0.2, 0.25) is 0 Å². The minimum atomic E-state index is -1.90. The fourth-order valence-electron chi connectivity index (χ4n) is 2.94. The summed E-state index contributed by atoms with van der Waals surface area (Å²) in [6, 6.07) is 8.47. The van der Waals surface area contributed by atoms with E-state index in [4.69, 9.17) is 0 Å². The summed E-state index contributed by atoms with van der Waals surface area (Å²) in [6.07, 6.45) is 0. The molecule has 29 heavy (non-hydrogen) atoms. The Balaban J connectivity index is 2.34. The number of aliphatic hydroxyl groups is 1. The van der Waals surface area contributed by atoms with Crippen LogP contribution in [-0.4, -0.2) is 11.1 Å². The van der Waals surface area contributed by atoms with Crippen molar-refractivity contribution >= 4 is 22.3 Å². The molecule has 0 aliphatic rings. The summed E-state index contributed by atoms with van der Waals surface area (Å²) in [7, 11) is -1.90. The molecule has 2 aromatic rings. The molecule has 0 atom stereocenters. The second-order valence-corrected chi connectivity index (χ2v) is 9.27. The zero-order valence-corrected chi connectivity index (χ0v) is 18.4. The summed E-state index contributed by atoms with van der Waals surface area (Å²) in [5.41, 5.74) is 1.49. The number of urea groups is 1. The lowest BCUT2D eigenvalue weighted by Gasteiger charge is -2.20. The Hall–Kier alpha value is -2.25. The first-order valence-corrected chi connectivity index (χ1v) is 10.6. The van der Waals surface area contributed by atoms with Crippen LogP contribution in [0.2, 0.25) is 0 Å². The van der Waals surface area contributed by atoms with Crippen LogP contribution in [0.4, 0.5) is 14.9 Å². The van der Waals surface area contributed by atoms with Gasteiger partial charge in [-0.1, -0.05) is 56.9 Å². The molecule has 0 aromatic heterocycles. The SMILES string of the molecule is CC(C)c1cc(F)cc(C(C)C)c1NC(=O)N=[S-](=O)c1ccc(C(C)(C)O)cc1. The van der Waals surface area contributed by atoms with E-state index in [0.717, 1.165) is 0 Å². The predicted molar refractivity (Wildman–Crippen MR) is 114 cm³/mol. The maximum absolute atomic E-state index is 14.0. The number of anilines is 1. The van der Waals surface area contributed by atoms with Gasteiger partial charge in [-0.15, -0.1) is 0 Å². The number of carbonyl (C=O) groups is 1. The van der Waals surface area contributed by atoms with E-state index in [9.17, 15) is 18.5 Å². The van der Waals surface area contributed by atoms with Crippen LogP contribution in [0.5, 0.6) is 0 Å². The van der Waals surface area contributed by atoms with Gasteiger partial charge in [-0.05, 0) is 54.5 Å². The molecule has 0 heterocycles. The molecular weight excluding hydrogens is 391 g/mol. The highest BCUT2D eigenvalue weighted by Gasteiger charge is 2.17. The molecule has 0 radical (unpaired) electrons. The van der Waals surface area contributed by atoms with E-state index in [1.165, 1.54) is 12.1 Å². The van der Waals surface area contributed by atoms with Gasteiger partial charge in [-0.2, -0.15) is 10.6 Å². The second kappa shape index (κ2) is 9.05. The molecule has 7 heteroatoms. The maximum atomic E-state index is 14.0. The lowest BCUT2D eigenvalue weighted by Crippen LogP contribution is -2.15. The van der Waals surface area contributed by atoms with Crippen molar-refractivity contribution in [3.8, 4) is 0 Å². The molecule has 0 aliphatic heterocycles. The fourth-order valence-corrected chi connectivity index (χ4v) is 3.61. The molecule has 0 unspecified atom stereocenters. The summed E-state index contributed by atoms with van der Waals surface area (Å²) >= 11 is 0. The molecule has 0 fully saturated rings. The largest absolute Gasteiger partial charge is 0.439 e. The molecule has 2 N–H and O–H groups in total. The van der Waals surface area contributed by atoms with Crippen molar-refractivity contribution in [1.82, 2.24) is 0 Å². The van der Waals surface area contributed by atoms with Gasteiger partial charge in [0.25, 0.3) is 0 Å². The first kappa shape index (κ1) is 23.0. The number of halogens is 1. The molecule has 0 saturated heterocycles. The Kier molecular flexibility index (Phi) is 7.19. The van der Waals surface area contributed by atoms with Crippen molar-refractivity contribution < 1.29 is 18.5 Å². The van der Waals surface area contributed by atoms with Crippen LogP contribution in [0.1, 0.15) is 70.1 Å². The zero-order valence-electron chi connectivity index (χ0n) is 17.6. The molecule has 0 saturated carbocycles. The van der Waals surface area contributed by atoms with Crippen molar-refractivity contribution in [1.29, 1.82) is 0 Å². The van der Waals surface area contributed by atoms with Crippen LogP contribution in [0.3, 0.4) is 0 Å². The van der Waals surface area contributed by atoms with E-state index >= 15 is 0 Å². The van der Waals surface area contributed by atoms with Crippen molar-refractivity contribution in [3.05, 3.63) is 58.9 Å². The first-order chi connectivity index (χ1) is 13.4. The molecule has 0 bridgehead atoms. The Bertz CT molecular complexity index is 942. The summed E-state index contributed by atoms with van der Waals surface area (Å²) in [5, 5.41) is 12.7. The van der Waals surface area contributed by atoms with Crippen LogP contribution >= 0.6 is 0 Å². The van der Waals surface area contributed by atoms with Crippen molar-refractivity contribution in [2.75, 3.05) is 5.32 Å². The Morgan fingerprint density at radius 2 is 1.55 bits per heavy atom. The third-order valence-corrected chi connectivity index (χ3v) is 5.58. The van der Waals surface area contributed by atoms with Crippen LogP contribution < -0.4 is 5.32 Å². The third-order valence-electron chi connectivity index (χ3n) is 4.57. The van der Waals surface area contributed by atoms with Crippen LogP contribution in [0, 0.1) is 5.82 Å². The lowest BCUT2D eigenvalue weighted by molar-refractivity contribution is 0.0785. The van der Waals surface area contributed by atoms with E-state index in [2.05, 4.69) is 9.68 Å². The van der Waals surface area contributed by atoms with Crippen LogP contribution in [0.15, 0.2) is 45.7 Å². The molecule has 2 amide bonds. The van der Waals surface area contributed by atoms with E-state index < -0.39 is 22.2 Å². The first-order valence-electron chi connectivity index (χ1n) is 9.51. The van der Waals surface area contributed by atoms with Crippen molar-refractivity contribution in [2.24, 2.45) is 4.36 Å². The highest BCUT2D eigenvalue weighted by Crippen LogP contribution is 2.33. The number of hydrogen-bond donors (Lipinski definition) is 2. The number of nitrogens with zero attached hydrogens (tertiary/aromatic N) is 1. The van der Waals surface area contributed by atoms with E-state index in [1.807, 2.05) is 27.7 Å². The number of benzene rings is 2. The minimum Gasteiger partial charge on any atom is -0.439 e. The maximum Gasteiger partial charge on any atom is 0.322 e. The second-order valence-electron chi connectivity index (χ2n) is 8.12. The minimum absolute atomic E-state index is 0.0154. The lowest BCUT2D eigenvalue weighted by atomic mass is 9.92. The van der Waals surface area contributed by atoms with Gasteiger partial charge in [0.15, 0.2) is 0 Å². The number of carbonyl (C=O) groups excluding carboxylic acids is 1. The van der Waals surface area contributed by atoms with Gasteiger partial charge in [0, 0.05) is 5.69 Å². The van der Waals surface area contributed by atoms with E-state index in [0.29, 0.717) is 27.3 Å². The average Bonchev–Trinajstić information content (AvgIpc) is 2.61. The topological polar surface area (TPSA) is 78.8 Å². The number of hydrogen-bond acceptors (Lipinski definition) is 4. The quantitative estimate of drug-likeness (QED) is 0.580. The predicted octanol–water partition coefficient (Wildman–Crippen LogP) is 6.04. The normalized spacial score (nSPS) is 13.2. The fraction of sp³-hybridized carbons (Fsp3) is 0.409. The third kappa shape index (κ3) is 5.87. The summed E-state index contributed by atoms with van der Waals surface area (Å²) in [4.78, 5) is 12.8. The van der Waals surface area contributed by atoms with Crippen LogP contribution in [0.25, 0.3) is 0 Å². The summed E-state index contributed by atoms with van der Waals surface area (Å²) < 4.78 is 30.2. The number of rotatable bonds is 5. The Labute approximate surface area is 173 Å². The monoisotopic (exact) mass is 419 g/mol. The highest BCUT2D eigenvalue weighted by atomic mass is 32.2. The van der Waals surface area contributed by atoms with Gasteiger partial charge in [-0.3, -0.25) is 0 Å². The van der Waals surface area contributed by atoms with Gasteiger partial charge in [0.1, 0.15) is 5.82 Å². The Morgan fingerprint density at radius 1 is 1.07 bits per heavy atom. The number of nitrogens with one attached hydrogen (secondary N) is 1. The van der Waals surface area contributed by atoms with E-state index in [-0.39, 0.29) is 17.7 Å². The van der Waals surface area contributed by atoms with Gasteiger partial charge >= 0.3 is 6.03 Å². The molecule has 0 spiro atoms. The summed E-state index contributed by atoms with van der Waals surface area (Å²) in [6.45, 7) is 10.9. The summed E-state index contributed by atoms with van der Waals surface area (Å²) in [5.74, 6) is -0.389. The molecule has 0 aliphatic carbocycles. The van der Waals surface area contributed by atoms with Crippen molar-refractivity contribution in [2.45, 2.75) is 63.9 Å². The number of amides is 2. The van der Waals surface area contributed by atoms with Crippen LogP contribution in [-0.2, 0) is 20.4 Å². The van der Waals surface area contributed by atoms with Gasteiger partial charge in [0.05, 0.1) is 5.60 Å². The highest BCUT2D eigenvalue weighted by molar-refractivity contribution is 7.75. The molecule has 158 valence electrons. The van der Waals surface area contributed by atoms with E-state index in [1.54, 1.807) is 38.1 Å². The Morgan fingerprint density at radius 3 is 1.97 bits per heavy atom. The van der Waals surface area contributed by atoms with Gasteiger partial charge in [-0.25, -0.2) is 9.18 Å². The molecule has 2 rings (SSSR count). The van der Waals surface area contributed by atoms with Gasteiger partial charge < -0.3 is 19.0 Å². The van der Waals surface area contributed by atoms with Crippen molar-refractivity contribution in [3.63, 3.8) is 0 Å². The molecule has 2 aromatic carbocycles. The smallest absolute Gasteiger partial charge is 0.322 e.